The summed E-state index contributed by atoms with van der Waals surface area (Å²) >= 11 is 1.72. The molecule has 0 radical (unpaired) electrons. The minimum absolute atomic E-state index is 0.125. The van der Waals surface area contributed by atoms with Crippen LogP contribution >= 0.6 is 11.8 Å². The van der Waals surface area contributed by atoms with Gasteiger partial charge in [-0.1, -0.05) is 42.5 Å². The van der Waals surface area contributed by atoms with Gasteiger partial charge in [-0.2, -0.15) is 0 Å². The summed E-state index contributed by atoms with van der Waals surface area (Å²) in [6, 6.07) is 19.2. The smallest absolute Gasteiger partial charge is 0.342 e. The average molecular weight is 407 g/mol. The Bertz CT molecular complexity index is 1040. The number of anilines is 1. The van der Waals surface area contributed by atoms with Crippen LogP contribution in [0.4, 0.5) is 5.69 Å². The average Bonchev–Trinajstić information content (AvgIpc) is 3.09. The number of thioether (sulfide) groups is 1. The van der Waals surface area contributed by atoms with Crippen molar-refractivity contribution in [3.05, 3.63) is 83.3 Å². The predicted molar refractivity (Wildman–Crippen MR) is 112 cm³/mol. The number of carbonyl (C=O) groups excluding carboxylic acids is 2. The van der Waals surface area contributed by atoms with Gasteiger partial charge in [-0.25, -0.2) is 4.79 Å². The molecule has 2 heterocycles. The van der Waals surface area contributed by atoms with E-state index in [1.165, 1.54) is 0 Å². The van der Waals surface area contributed by atoms with Crippen molar-refractivity contribution in [3.63, 3.8) is 0 Å². The Morgan fingerprint density at radius 1 is 1.10 bits per heavy atom. The van der Waals surface area contributed by atoms with Gasteiger partial charge in [0.05, 0.1) is 11.7 Å². The molecule has 6 heteroatoms. The van der Waals surface area contributed by atoms with Crippen LogP contribution in [0.15, 0.2) is 70.0 Å². The molecule has 1 atom stereocenters. The van der Waals surface area contributed by atoms with E-state index in [1.54, 1.807) is 36.6 Å². The number of amides is 1. The van der Waals surface area contributed by atoms with E-state index in [0.717, 1.165) is 21.9 Å². The maximum absolute atomic E-state index is 13.2. The highest BCUT2D eigenvalue weighted by Crippen LogP contribution is 2.43. The number of aryl methyl sites for hydroxylation is 2. The van der Waals surface area contributed by atoms with Crippen LogP contribution in [0.1, 0.15) is 33.5 Å². The highest BCUT2D eigenvalue weighted by molar-refractivity contribution is 7.99. The number of furan rings is 1. The maximum atomic E-state index is 13.2. The van der Waals surface area contributed by atoms with Crippen molar-refractivity contribution in [2.75, 3.05) is 17.3 Å². The number of benzene rings is 2. The minimum atomic E-state index is -0.552. The summed E-state index contributed by atoms with van der Waals surface area (Å²) in [4.78, 5) is 28.4. The molecule has 1 aliphatic heterocycles. The number of carbonyl (C=O) groups is 2. The van der Waals surface area contributed by atoms with Gasteiger partial charge < -0.3 is 9.15 Å². The second-order valence-electron chi connectivity index (χ2n) is 6.87. The minimum Gasteiger partial charge on any atom is -0.466 e. The van der Waals surface area contributed by atoms with Crippen molar-refractivity contribution >= 4 is 29.3 Å². The topological polar surface area (TPSA) is 59.8 Å². The fraction of sp³-hybridized carbons (Fsp3) is 0.217. The van der Waals surface area contributed by atoms with Gasteiger partial charge in [0.25, 0.3) is 5.91 Å². The highest BCUT2D eigenvalue weighted by Gasteiger charge is 2.33. The molecule has 1 aromatic heterocycles. The maximum Gasteiger partial charge on any atom is 0.342 e. The third-order valence-corrected chi connectivity index (χ3v) is 6.01. The molecule has 0 spiro atoms. The molecule has 2 aromatic carbocycles. The summed E-state index contributed by atoms with van der Waals surface area (Å²) in [7, 11) is 0. The molecule has 0 saturated carbocycles. The third kappa shape index (κ3) is 3.93. The first-order valence-corrected chi connectivity index (χ1v) is 10.4. The lowest BCUT2D eigenvalue weighted by Gasteiger charge is -2.37. The van der Waals surface area contributed by atoms with Crippen molar-refractivity contribution in [1.29, 1.82) is 0 Å². The molecule has 1 aliphatic rings. The zero-order valence-corrected chi connectivity index (χ0v) is 17.1. The molecule has 0 saturated heterocycles. The number of esters is 1. The SMILES string of the molecule is Cc1cc(C(=O)OCC(=O)N2c3ccccc3SC[C@H]2c2ccccc2)c(C)o1. The van der Waals surface area contributed by atoms with Gasteiger partial charge in [0, 0.05) is 10.6 Å². The first kappa shape index (κ1) is 19.3. The summed E-state index contributed by atoms with van der Waals surface area (Å²) in [6.45, 7) is 3.14. The van der Waals surface area contributed by atoms with Crippen molar-refractivity contribution < 1.29 is 18.7 Å². The van der Waals surface area contributed by atoms with E-state index in [4.69, 9.17) is 9.15 Å². The molecule has 0 aliphatic carbocycles. The quantitative estimate of drug-likeness (QED) is 0.574. The summed E-state index contributed by atoms with van der Waals surface area (Å²) < 4.78 is 10.7. The van der Waals surface area contributed by atoms with Crippen molar-refractivity contribution in [1.82, 2.24) is 0 Å². The van der Waals surface area contributed by atoms with Crippen molar-refractivity contribution in [2.45, 2.75) is 24.8 Å². The predicted octanol–water partition coefficient (Wildman–Crippen LogP) is 4.93. The van der Waals surface area contributed by atoms with Gasteiger partial charge in [-0.3, -0.25) is 9.69 Å². The fourth-order valence-electron chi connectivity index (χ4n) is 3.53. The van der Waals surface area contributed by atoms with E-state index in [9.17, 15) is 9.59 Å². The summed E-state index contributed by atoms with van der Waals surface area (Å²) in [5.74, 6) is 1.05. The van der Waals surface area contributed by atoms with Crippen LogP contribution in [-0.2, 0) is 9.53 Å². The number of rotatable bonds is 4. The Hall–Kier alpha value is -2.99. The van der Waals surface area contributed by atoms with Gasteiger partial charge in [-0.15, -0.1) is 11.8 Å². The fourth-order valence-corrected chi connectivity index (χ4v) is 4.69. The zero-order valence-electron chi connectivity index (χ0n) is 16.3. The van der Waals surface area contributed by atoms with Gasteiger partial charge in [0.15, 0.2) is 6.61 Å². The molecule has 4 rings (SSSR count). The number of ether oxygens (including phenoxy) is 1. The lowest BCUT2D eigenvalue weighted by molar-refractivity contribution is -0.122. The molecular weight excluding hydrogens is 386 g/mol. The molecule has 5 nitrogen and oxygen atoms in total. The number of fused-ring (bicyclic) bond motifs is 1. The van der Waals surface area contributed by atoms with Crippen LogP contribution < -0.4 is 4.90 Å². The monoisotopic (exact) mass is 407 g/mol. The molecule has 0 fully saturated rings. The van der Waals surface area contributed by atoms with E-state index in [1.807, 2.05) is 54.6 Å². The Morgan fingerprint density at radius 3 is 2.55 bits per heavy atom. The van der Waals surface area contributed by atoms with Crippen LogP contribution in [-0.4, -0.2) is 24.2 Å². The number of para-hydroxylation sites is 1. The molecule has 0 unspecified atom stereocenters. The highest BCUT2D eigenvalue weighted by atomic mass is 32.2. The van der Waals surface area contributed by atoms with E-state index in [-0.39, 0.29) is 18.6 Å². The second kappa shape index (κ2) is 8.17. The molecule has 0 bridgehead atoms. The molecule has 148 valence electrons. The van der Waals surface area contributed by atoms with Crippen molar-refractivity contribution in [2.24, 2.45) is 0 Å². The van der Waals surface area contributed by atoms with Gasteiger partial charge >= 0.3 is 5.97 Å². The summed E-state index contributed by atoms with van der Waals surface area (Å²) in [5.41, 5.74) is 2.24. The molecule has 0 N–H and O–H groups in total. The van der Waals surface area contributed by atoms with E-state index in [0.29, 0.717) is 17.1 Å². The molecule has 3 aromatic rings. The Labute approximate surface area is 173 Å². The zero-order chi connectivity index (χ0) is 20.4. The van der Waals surface area contributed by atoms with E-state index in [2.05, 4.69) is 0 Å². The number of nitrogens with zero attached hydrogens (tertiary/aromatic N) is 1. The number of hydrogen-bond donors (Lipinski definition) is 0. The van der Waals surface area contributed by atoms with Gasteiger partial charge in [-0.05, 0) is 37.6 Å². The van der Waals surface area contributed by atoms with E-state index >= 15 is 0 Å². The molecule has 29 heavy (non-hydrogen) atoms. The summed E-state index contributed by atoms with van der Waals surface area (Å²) in [5, 5.41) is 0. The van der Waals surface area contributed by atoms with Crippen LogP contribution in [0.25, 0.3) is 0 Å². The molecule has 1 amide bonds. The first-order valence-electron chi connectivity index (χ1n) is 9.37. The Morgan fingerprint density at radius 2 is 1.83 bits per heavy atom. The first-order chi connectivity index (χ1) is 14.0. The standard InChI is InChI=1S/C23H21NO4S/c1-15-12-18(16(2)28-15)23(26)27-13-22(25)24-19-10-6-7-11-21(19)29-14-20(24)17-8-4-3-5-9-17/h3-12,20H,13-14H2,1-2H3/t20-/m0/s1. The lowest BCUT2D eigenvalue weighted by atomic mass is 10.1. The van der Waals surface area contributed by atoms with Crippen molar-refractivity contribution in [3.8, 4) is 0 Å². The van der Waals surface area contributed by atoms with Gasteiger partial charge in [0.1, 0.15) is 17.1 Å². The molecular formula is C23H21NO4S. The van der Waals surface area contributed by atoms with E-state index < -0.39 is 5.97 Å². The third-order valence-electron chi connectivity index (χ3n) is 4.87. The van der Waals surface area contributed by atoms with Crippen LogP contribution in [0.3, 0.4) is 0 Å². The van der Waals surface area contributed by atoms with Crippen LogP contribution in [0, 0.1) is 13.8 Å². The number of hydrogen-bond acceptors (Lipinski definition) is 5. The largest absolute Gasteiger partial charge is 0.466 e. The Balaban J connectivity index is 1.58. The summed E-state index contributed by atoms with van der Waals surface area (Å²) in [6.07, 6.45) is 0. The van der Waals surface area contributed by atoms with Crippen LogP contribution in [0.2, 0.25) is 0 Å². The Kier molecular flexibility index (Phi) is 5.45. The second-order valence-corrected chi connectivity index (χ2v) is 7.93. The van der Waals surface area contributed by atoms with Gasteiger partial charge in [0.2, 0.25) is 0 Å². The van der Waals surface area contributed by atoms with Crippen LogP contribution in [0.5, 0.6) is 0 Å². The lowest BCUT2D eigenvalue weighted by Crippen LogP contribution is -2.41. The normalized spacial score (nSPS) is 15.7.